The molecule has 0 fully saturated rings. The summed E-state index contributed by atoms with van der Waals surface area (Å²) in [6, 6.07) is 5.38. The summed E-state index contributed by atoms with van der Waals surface area (Å²) >= 11 is 0. The molecule has 16 heavy (non-hydrogen) atoms. The van der Waals surface area contributed by atoms with Crippen molar-refractivity contribution in [2.45, 2.75) is 6.42 Å². The first-order chi connectivity index (χ1) is 7.67. The molecular weight excluding hydrogens is 206 g/mol. The number of benzene rings is 1. The molecule has 0 amide bonds. The fourth-order valence-electron chi connectivity index (χ4n) is 1.20. The van der Waals surface area contributed by atoms with Crippen molar-refractivity contribution >= 4 is 17.7 Å². The number of carbonyl (C=O) groups excluding carboxylic acids is 1. The van der Waals surface area contributed by atoms with Crippen LogP contribution in [0.1, 0.15) is 12.0 Å². The fourth-order valence-corrected chi connectivity index (χ4v) is 1.20. The molecule has 4 heteroatoms. The number of ether oxygens (including phenoxy) is 2. The third kappa shape index (κ3) is 3.31. The van der Waals surface area contributed by atoms with E-state index in [2.05, 4.69) is 4.74 Å². The number of hydrogen-bond donors (Lipinski definition) is 1. The second kappa shape index (κ2) is 5.80. The summed E-state index contributed by atoms with van der Waals surface area (Å²) in [5.41, 5.74) is 7.26. The Labute approximate surface area is 94.7 Å². The predicted molar refractivity (Wildman–Crippen MR) is 63.1 cm³/mol. The molecule has 0 spiro atoms. The summed E-state index contributed by atoms with van der Waals surface area (Å²) in [5.74, 6) is 0.436. The van der Waals surface area contributed by atoms with Crippen molar-refractivity contribution in [3.8, 4) is 5.75 Å². The lowest BCUT2D eigenvalue weighted by atomic mass is 10.1. The quantitative estimate of drug-likeness (QED) is 0.622. The van der Waals surface area contributed by atoms with E-state index in [1.165, 1.54) is 7.11 Å². The van der Waals surface area contributed by atoms with E-state index in [0.29, 0.717) is 11.4 Å². The number of nitrogens with two attached hydrogens (primary N) is 1. The average Bonchev–Trinajstić information content (AvgIpc) is 2.30. The molecule has 0 aliphatic carbocycles. The molecule has 1 rings (SSSR count). The molecular formula is C12H15NO3. The third-order valence-corrected chi connectivity index (χ3v) is 2.10. The van der Waals surface area contributed by atoms with E-state index >= 15 is 0 Å². The highest BCUT2D eigenvalue weighted by Crippen LogP contribution is 2.20. The van der Waals surface area contributed by atoms with E-state index in [1.54, 1.807) is 25.3 Å². The van der Waals surface area contributed by atoms with Gasteiger partial charge in [-0.1, -0.05) is 12.2 Å². The molecule has 0 unspecified atom stereocenters. The average molecular weight is 221 g/mol. The maximum absolute atomic E-state index is 10.9. The van der Waals surface area contributed by atoms with Crippen LogP contribution in [0.2, 0.25) is 0 Å². The molecule has 86 valence electrons. The highest BCUT2D eigenvalue weighted by molar-refractivity contribution is 5.74. The van der Waals surface area contributed by atoms with Gasteiger partial charge < -0.3 is 15.2 Å². The molecule has 0 aliphatic rings. The molecule has 0 aromatic heterocycles. The molecule has 0 bridgehead atoms. The first-order valence-corrected chi connectivity index (χ1v) is 4.84. The van der Waals surface area contributed by atoms with Crippen molar-refractivity contribution in [3.05, 3.63) is 29.8 Å². The highest BCUT2D eigenvalue weighted by atomic mass is 16.5. The third-order valence-electron chi connectivity index (χ3n) is 2.10. The zero-order chi connectivity index (χ0) is 12.0. The lowest BCUT2D eigenvalue weighted by Crippen LogP contribution is -1.97. The normalized spacial score (nSPS) is 10.4. The number of hydrogen-bond acceptors (Lipinski definition) is 4. The Bertz CT molecular complexity index is 399. The van der Waals surface area contributed by atoms with Crippen LogP contribution in [0.4, 0.5) is 5.69 Å². The molecule has 0 radical (unpaired) electrons. The van der Waals surface area contributed by atoms with E-state index in [4.69, 9.17) is 10.5 Å². The van der Waals surface area contributed by atoms with Gasteiger partial charge in [0.1, 0.15) is 5.75 Å². The first-order valence-electron chi connectivity index (χ1n) is 4.84. The van der Waals surface area contributed by atoms with Crippen LogP contribution in [-0.2, 0) is 9.53 Å². The smallest absolute Gasteiger partial charge is 0.309 e. The van der Waals surface area contributed by atoms with E-state index in [-0.39, 0.29) is 12.4 Å². The van der Waals surface area contributed by atoms with E-state index < -0.39 is 0 Å². The Balaban J connectivity index is 2.70. The monoisotopic (exact) mass is 221 g/mol. The van der Waals surface area contributed by atoms with Crippen LogP contribution in [-0.4, -0.2) is 20.2 Å². The molecule has 0 saturated heterocycles. The first kappa shape index (κ1) is 12.1. The zero-order valence-corrected chi connectivity index (χ0v) is 9.40. The lowest BCUT2D eigenvalue weighted by Gasteiger charge is -2.03. The van der Waals surface area contributed by atoms with Crippen LogP contribution in [0.3, 0.4) is 0 Å². The molecule has 1 aromatic rings. The number of methoxy groups -OCH3 is 2. The van der Waals surface area contributed by atoms with Gasteiger partial charge in [0, 0.05) is 11.8 Å². The van der Waals surface area contributed by atoms with Crippen LogP contribution in [0.5, 0.6) is 5.75 Å². The van der Waals surface area contributed by atoms with Gasteiger partial charge in [-0.3, -0.25) is 4.79 Å². The number of nitrogen functional groups attached to an aromatic ring is 1. The molecule has 0 saturated carbocycles. The summed E-state index contributed by atoms with van der Waals surface area (Å²) in [4.78, 5) is 10.9. The van der Waals surface area contributed by atoms with Crippen molar-refractivity contribution in [1.29, 1.82) is 0 Å². The van der Waals surface area contributed by atoms with E-state index in [9.17, 15) is 4.79 Å². The van der Waals surface area contributed by atoms with Gasteiger partial charge >= 0.3 is 5.97 Å². The maximum Gasteiger partial charge on any atom is 0.309 e. The Morgan fingerprint density at radius 2 is 2.19 bits per heavy atom. The Morgan fingerprint density at radius 3 is 2.75 bits per heavy atom. The van der Waals surface area contributed by atoms with E-state index in [0.717, 1.165) is 5.56 Å². The maximum atomic E-state index is 10.9. The second-order valence-electron chi connectivity index (χ2n) is 3.18. The molecule has 0 atom stereocenters. The largest absolute Gasteiger partial charge is 0.497 e. The van der Waals surface area contributed by atoms with Crippen molar-refractivity contribution in [2.75, 3.05) is 20.0 Å². The van der Waals surface area contributed by atoms with Gasteiger partial charge in [-0.15, -0.1) is 0 Å². The predicted octanol–water partition coefficient (Wildman–Crippen LogP) is 1.85. The number of esters is 1. The minimum absolute atomic E-state index is 0.238. The van der Waals surface area contributed by atoms with Gasteiger partial charge in [0.05, 0.1) is 20.6 Å². The Kier molecular flexibility index (Phi) is 4.39. The Hall–Kier alpha value is -1.97. The Morgan fingerprint density at radius 1 is 1.44 bits per heavy atom. The fraction of sp³-hybridized carbons (Fsp3) is 0.250. The van der Waals surface area contributed by atoms with Gasteiger partial charge in [0.15, 0.2) is 0 Å². The highest BCUT2D eigenvalue weighted by Gasteiger charge is 1.98. The van der Waals surface area contributed by atoms with Crippen molar-refractivity contribution in [1.82, 2.24) is 0 Å². The van der Waals surface area contributed by atoms with Crippen LogP contribution < -0.4 is 10.5 Å². The van der Waals surface area contributed by atoms with Gasteiger partial charge in [-0.25, -0.2) is 0 Å². The molecule has 1 aromatic carbocycles. The summed E-state index contributed by atoms with van der Waals surface area (Å²) in [5, 5.41) is 0. The van der Waals surface area contributed by atoms with E-state index in [1.807, 2.05) is 12.1 Å². The SMILES string of the molecule is COC(=O)CC=Cc1ccc(OC)cc1N. The summed E-state index contributed by atoms with van der Waals surface area (Å²) < 4.78 is 9.55. The topological polar surface area (TPSA) is 61.5 Å². The van der Waals surface area contributed by atoms with Crippen LogP contribution in [0, 0.1) is 0 Å². The summed E-state index contributed by atoms with van der Waals surface area (Å²) in [6.07, 6.45) is 3.73. The van der Waals surface area contributed by atoms with Crippen molar-refractivity contribution < 1.29 is 14.3 Å². The molecule has 2 N–H and O–H groups in total. The minimum atomic E-state index is -0.275. The van der Waals surface area contributed by atoms with Crippen LogP contribution in [0.15, 0.2) is 24.3 Å². The van der Waals surface area contributed by atoms with Gasteiger partial charge in [0.25, 0.3) is 0 Å². The summed E-state index contributed by atoms with van der Waals surface area (Å²) in [6.45, 7) is 0. The second-order valence-corrected chi connectivity index (χ2v) is 3.18. The van der Waals surface area contributed by atoms with Crippen LogP contribution >= 0.6 is 0 Å². The van der Waals surface area contributed by atoms with Gasteiger partial charge in [-0.2, -0.15) is 0 Å². The summed E-state index contributed by atoms with van der Waals surface area (Å²) in [7, 11) is 2.94. The zero-order valence-electron chi connectivity index (χ0n) is 9.40. The van der Waals surface area contributed by atoms with Gasteiger partial charge in [0.2, 0.25) is 0 Å². The number of rotatable bonds is 4. The number of anilines is 1. The van der Waals surface area contributed by atoms with Gasteiger partial charge in [-0.05, 0) is 17.7 Å². The van der Waals surface area contributed by atoms with Crippen LogP contribution in [0.25, 0.3) is 6.08 Å². The standard InChI is InChI=1S/C12H15NO3/c1-15-10-7-6-9(11(13)8-10)4-3-5-12(14)16-2/h3-4,6-8H,5,13H2,1-2H3. The number of carbonyl (C=O) groups is 1. The lowest BCUT2D eigenvalue weighted by molar-refractivity contribution is -0.139. The minimum Gasteiger partial charge on any atom is -0.497 e. The molecule has 4 nitrogen and oxygen atoms in total. The van der Waals surface area contributed by atoms with Crippen molar-refractivity contribution in [3.63, 3.8) is 0 Å². The molecule has 0 heterocycles. The van der Waals surface area contributed by atoms with Crippen molar-refractivity contribution in [2.24, 2.45) is 0 Å². The molecule has 0 aliphatic heterocycles.